The van der Waals surface area contributed by atoms with Crippen LogP contribution in [0, 0.1) is 12.7 Å². The quantitative estimate of drug-likeness (QED) is 0.831. The highest BCUT2D eigenvalue weighted by Crippen LogP contribution is 2.19. The highest BCUT2D eigenvalue weighted by atomic mass is 19.1. The van der Waals surface area contributed by atoms with Gasteiger partial charge in [0.2, 0.25) is 0 Å². The number of benzene rings is 1. The lowest BCUT2D eigenvalue weighted by Crippen LogP contribution is -2.04. The van der Waals surface area contributed by atoms with Crippen LogP contribution in [0.3, 0.4) is 0 Å². The molecular formula is C14H17FN2O. The molecule has 96 valence electrons. The third-order valence-electron chi connectivity index (χ3n) is 2.85. The Labute approximate surface area is 106 Å². The van der Waals surface area contributed by atoms with Gasteiger partial charge < -0.3 is 4.74 Å². The molecule has 0 aliphatic heterocycles. The van der Waals surface area contributed by atoms with Crippen LogP contribution in [0.1, 0.15) is 23.9 Å². The first-order valence-electron chi connectivity index (χ1n) is 6.01. The lowest BCUT2D eigenvalue weighted by Gasteiger charge is -2.08. The predicted molar refractivity (Wildman–Crippen MR) is 68.1 cm³/mol. The number of nitrogens with zero attached hydrogens (tertiary/aromatic N) is 2. The van der Waals surface area contributed by atoms with Crippen LogP contribution in [0.15, 0.2) is 24.3 Å². The van der Waals surface area contributed by atoms with Gasteiger partial charge in [-0.25, -0.2) is 4.39 Å². The van der Waals surface area contributed by atoms with Gasteiger partial charge in [0, 0.05) is 7.05 Å². The molecule has 4 heteroatoms. The molecule has 0 amide bonds. The summed E-state index contributed by atoms with van der Waals surface area (Å²) in [5.74, 6) is -0.0484. The Morgan fingerprint density at radius 1 is 1.33 bits per heavy atom. The van der Waals surface area contributed by atoms with Gasteiger partial charge in [0.05, 0.1) is 11.4 Å². The number of hydrogen-bond acceptors (Lipinski definition) is 2. The number of hydrogen-bond donors (Lipinski definition) is 0. The second kappa shape index (κ2) is 5.21. The number of aryl methyl sites for hydroxylation is 3. The largest absolute Gasteiger partial charge is 0.484 e. The second-order valence-electron chi connectivity index (χ2n) is 4.33. The van der Waals surface area contributed by atoms with Crippen LogP contribution in [-0.4, -0.2) is 9.78 Å². The van der Waals surface area contributed by atoms with Crippen LogP contribution in [-0.2, 0) is 20.1 Å². The van der Waals surface area contributed by atoms with Gasteiger partial charge in [-0.1, -0.05) is 13.0 Å². The molecule has 0 fully saturated rings. The zero-order chi connectivity index (χ0) is 13.1. The van der Waals surface area contributed by atoms with Gasteiger partial charge in [-0.2, -0.15) is 5.10 Å². The molecule has 0 aliphatic carbocycles. The maximum absolute atomic E-state index is 13.5. The number of ether oxygens (including phenoxy) is 1. The zero-order valence-electron chi connectivity index (χ0n) is 10.9. The van der Waals surface area contributed by atoms with Crippen molar-refractivity contribution in [3.8, 4) is 5.75 Å². The Bertz CT molecular complexity index is 549. The third kappa shape index (κ3) is 2.70. The molecule has 0 saturated heterocycles. The number of halogens is 1. The SMILES string of the molecule is CCc1cc(COc2cc(C)ccc2F)n(C)n1. The predicted octanol–water partition coefficient (Wildman–Crippen LogP) is 3.01. The van der Waals surface area contributed by atoms with Crippen LogP contribution >= 0.6 is 0 Å². The van der Waals surface area contributed by atoms with E-state index >= 15 is 0 Å². The van der Waals surface area contributed by atoms with Crippen molar-refractivity contribution in [2.24, 2.45) is 7.05 Å². The molecule has 1 aromatic heterocycles. The summed E-state index contributed by atoms with van der Waals surface area (Å²) in [6.07, 6.45) is 0.882. The fourth-order valence-corrected chi connectivity index (χ4v) is 1.75. The summed E-state index contributed by atoms with van der Waals surface area (Å²) >= 11 is 0. The van der Waals surface area contributed by atoms with E-state index in [1.165, 1.54) is 6.07 Å². The average molecular weight is 248 g/mol. The molecule has 0 aliphatic rings. The van der Waals surface area contributed by atoms with Crippen molar-refractivity contribution in [1.29, 1.82) is 0 Å². The van der Waals surface area contributed by atoms with E-state index in [2.05, 4.69) is 5.10 Å². The van der Waals surface area contributed by atoms with E-state index in [0.717, 1.165) is 23.4 Å². The molecule has 0 saturated carbocycles. The number of rotatable bonds is 4. The van der Waals surface area contributed by atoms with E-state index in [1.54, 1.807) is 16.8 Å². The smallest absolute Gasteiger partial charge is 0.165 e. The Kier molecular flexibility index (Phi) is 3.65. The second-order valence-corrected chi connectivity index (χ2v) is 4.33. The summed E-state index contributed by atoms with van der Waals surface area (Å²) in [6.45, 7) is 4.28. The monoisotopic (exact) mass is 248 g/mol. The Balaban J connectivity index is 2.11. The minimum atomic E-state index is -0.335. The van der Waals surface area contributed by atoms with Crippen LogP contribution < -0.4 is 4.74 Å². The maximum atomic E-state index is 13.5. The van der Waals surface area contributed by atoms with Crippen LogP contribution in [0.5, 0.6) is 5.75 Å². The van der Waals surface area contributed by atoms with Crippen molar-refractivity contribution in [2.75, 3.05) is 0 Å². The zero-order valence-corrected chi connectivity index (χ0v) is 10.9. The van der Waals surface area contributed by atoms with Gasteiger partial charge >= 0.3 is 0 Å². The molecule has 0 spiro atoms. The Hall–Kier alpha value is -1.84. The van der Waals surface area contributed by atoms with Gasteiger partial charge in [0.1, 0.15) is 6.61 Å². The Morgan fingerprint density at radius 2 is 2.11 bits per heavy atom. The molecule has 18 heavy (non-hydrogen) atoms. The fraction of sp³-hybridized carbons (Fsp3) is 0.357. The lowest BCUT2D eigenvalue weighted by atomic mass is 10.2. The highest BCUT2D eigenvalue weighted by Gasteiger charge is 2.07. The molecule has 0 atom stereocenters. The van der Waals surface area contributed by atoms with Crippen molar-refractivity contribution in [2.45, 2.75) is 26.9 Å². The molecule has 0 N–H and O–H groups in total. The topological polar surface area (TPSA) is 27.1 Å². The molecule has 0 radical (unpaired) electrons. The van der Waals surface area contributed by atoms with Gasteiger partial charge in [-0.15, -0.1) is 0 Å². The summed E-state index contributed by atoms with van der Waals surface area (Å²) in [5.41, 5.74) is 2.93. The van der Waals surface area contributed by atoms with E-state index < -0.39 is 0 Å². The summed E-state index contributed by atoms with van der Waals surface area (Å²) in [4.78, 5) is 0. The fourth-order valence-electron chi connectivity index (χ4n) is 1.75. The lowest BCUT2D eigenvalue weighted by molar-refractivity contribution is 0.280. The van der Waals surface area contributed by atoms with Crippen molar-refractivity contribution < 1.29 is 9.13 Å². The van der Waals surface area contributed by atoms with Gasteiger partial charge in [0.25, 0.3) is 0 Å². The third-order valence-corrected chi connectivity index (χ3v) is 2.85. The molecule has 0 unspecified atom stereocenters. The first kappa shape index (κ1) is 12.6. The maximum Gasteiger partial charge on any atom is 0.165 e. The molecule has 3 nitrogen and oxygen atoms in total. The molecule has 1 heterocycles. The minimum Gasteiger partial charge on any atom is -0.484 e. The summed E-state index contributed by atoms with van der Waals surface area (Å²) in [5, 5.41) is 4.32. The van der Waals surface area contributed by atoms with E-state index in [0.29, 0.717) is 6.61 Å². The molecule has 0 bridgehead atoms. The molecule has 2 rings (SSSR count). The summed E-state index contributed by atoms with van der Waals surface area (Å²) in [6, 6.07) is 6.83. The summed E-state index contributed by atoms with van der Waals surface area (Å²) in [7, 11) is 1.87. The van der Waals surface area contributed by atoms with E-state index in [9.17, 15) is 4.39 Å². The van der Waals surface area contributed by atoms with Crippen molar-refractivity contribution >= 4 is 0 Å². The van der Waals surface area contributed by atoms with Crippen LogP contribution in [0.4, 0.5) is 4.39 Å². The van der Waals surface area contributed by atoms with Gasteiger partial charge in [-0.3, -0.25) is 4.68 Å². The minimum absolute atomic E-state index is 0.286. The van der Waals surface area contributed by atoms with Crippen molar-refractivity contribution in [1.82, 2.24) is 9.78 Å². The van der Waals surface area contributed by atoms with Crippen LogP contribution in [0.2, 0.25) is 0 Å². The van der Waals surface area contributed by atoms with Crippen molar-refractivity contribution in [3.63, 3.8) is 0 Å². The molecule has 1 aromatic carbocycles. The standard InChI is InChI=1S/C14H17FN2O/c1-4-11-8-12(17(3)16-11)9-18-14-7-10(2)5-6-13(14)15/h5-8H,4,9H2,1-3H3. The van der Waals surface area contributed by atoms with Gasteiger partial charge in [-0.05, 0) is 37.1 Å². The Morgan fingerprint density at radius 3 is 2.78 bits per heavy atom. The van der Waals surface area contributed by atoms with E-state index in [4.69, 9.17) is 4.74 Å². The van der Waals surface area contributed by atoms with Crippen LogP contribution in [0.25, 0.3) is 0 Å². The highest BCUT2D eigenvalue weighted by molar-refractivity contribution is 5.29. The van der Waals surface area contributed by atoms with E-state index in [-0.39, 0.29) is 11.6 Å². The summed E-state index contributed by atoms with van der Waals surface area (Å²) < 4.78 is 20.8. The molecule has 2 aromatic rings. The molecular weight excluding hydrogens is 231 g/mol. The van der Waals surface area contributed by atoms with Gasteiger partial charge in [0.15, 0.2) is 11.6 Å². The average Bonchev–Trinajstić information content (AvgIpc) is 2.71. The van der Waals surface area contributed by atoms with E-state index in [1.807, 2.05) is 27.0 Å². The van der Waals surface area contributed by atoms with Crippen molar-refractivity contribution in [3.05, 3.63) is 47.0 Å². The first-order valence-corrected chi connectivity index (χ1v) is 6.01. The number of aromatic nitrogens is 2. The first-order chi connectivity index (χ1) is 8.60. The normalized spacial score (nSPS) is 10.7.